The molecule has 1 aliphatic rings. The average Bonchev–Trinajstić information content (AvgIpc) is 2.30. The first-order valence-electron chi connectivity index (χ1n) is 5.84. The van der Waals surface area contributed by atoms with E-state index in [-0.39, 0.29) is 17.3 Å². The lowest BCUT2D eigenvalue weighted by molar-refractivity contribution is -0.155. The number of rotatable bonds is 2. The zero-order chi connectivity index (χ0) is 11.6. The maximum atomic E-state index is 11.8. The summed E-state index contributed by atoms with van der Waals surface area (Å²) < 4.78 is 5.16. The fourth-order valence-electron chi connectivity index (χ4n) is 2.40. The Kier molecular flexibility index (Phi) is 2.99. The number of cyclic esters (lactones) is 1. The molecule has 2 rings (SSSR count). The van der Waals surface area contributed by atoms with Gasteiger partial charge in [0.25, 0.3) is 0 Å². The summed E-state index contributed by atoms with van der Waals surface area (Å²) in [5.41, 5.74) is 1.07. The molecule has 1 saturated heterocycles. The maximum Gasteiger partial charge on any atom is 0.309 e. The standard InChI is InChI=1S/C14H18O2/c1-14(2,11-7-4-3-5-8-11)12-9-6-10-16-13(12)15/h3-5,7-8,12H,6,9-10H2,1-2H3. The van der Waals surface area contributed by atoms with Gasteiger partial charge in [0, 0.05) is 5.41 Å². The summed E-state index contributed by atoms with van der Waals surface area (Å²) in [5, 5.41) is 0. The number of ether oxygens (including phenoxy) is 1. The first kappa shape index (κ1) is 11.2. The maximum absolute atomic E-state index is 11.8. The van der Waals surface area contributed by atoms with Gasteiger partial charge in [-0.2, -0.15) is 0 Å². The van der Waals surface area contributed by atoms with E-state index < -0.39 is 0 Å². The van der Waals surface area contributed by atoms with Crippen molar-refractivity contribution in [3.63, 3.8) is 0 Å². The number of esters is 1. The molecule has 0 N–H and O–H groups in total. The van der Waals surface area contributed by atoms with Gasteiger partial charge in [-0.3, -0.25) is 4.79 Å². The molecule has 0 saturated carbocycles. The molecular formula is C14H18O2. The second kappa shape index (κ2) is 4.28. The Morgan fingerprint density at radius 1 is 1.25 bits per heavy atom. The normalized spacial score (nSPS) is 21.6. The van der Waals surface area contributed by atoms with Crippen molar-refractivity contribution >= 4 is 5.97 Å². The van der Waals surface area contributed by atoms with Crippen LogP contribution in [0.4, 0.5) is 0 Å². The SMILES string of the molecule is CC(C)(c1ccccc1)C1CCCOC1=O. The zero-order valence-electron chi connectivity index (χ0n) is 9.90. The number of hydrogen-bond acceptors (Lipinski definition) is 2. The molecule has 1 unspecified atom stereocenters. The molecule has 0 radical (unpaired) electrons. The minimum absolute atomic E-state index is 0.0105. The van der Waals surface area contributed by atoms with Gasteiger partial charge in [-0.25, -0.2) is 0 Å². The van der Waals surface area contributed by atoms with E-state index >= 15 is 0 Å². The molecule has 0 bridgehead atoms. The molecule has 0 spiro atoms. The van der Waals surface area contributed by atoms with Crippen LogP contribution in [-0.4, -0.2) is 12.6 Å². The minimum Gasteiger partial charge on any atom is -0.465 e. The third-order valence-corrected chi connectivity index (χ3v) is 3.55. The predicted octanol–water partition coefficient (Wildman–Crippen LogP) is 2.92. The summed E-state index contributed by atoms with van der Waals surface area (Å²) in [6.07, 6.45) is 1.91. The van der Waals surface area contributed by atoms with Crippen molar-refractivity contribution in [2.24, 2.45) is 5.92 Å². The van der Waals surface area contributed by atoms with E-state index in [1.807, 2.05) is 18.2 Å². The van der Waals surface area contributed by atoms with Crippen molar-refractivity contribution in [1.82, 2.24) is 0 Å². The highest BCUT2D eigenvalue weighted by Gasteiger charge is 2.38. The number of benzene rings is 1. The van der Waals surface area contributed by atoms with Crippen LogP contribution in [0.3, 0.4) is 0 Å². The molecule has 1 atom stereocenters. The van der Waals surface area contributed by atoms with Crippen molar-refractivity contribution in [3.05, 3.63) is 35.9 Å². The number of carbonyl (C=O) groups excluding carboxylic acids is 1. The molecule has 86 valence electrons. The molecule has 0 aliphatic carbocycles. The molecule has 1 heterocycles. The minimum atomic E-state index is -0.140. The van der Waals surface area contributed by atoms with E-state index in [1.54, 1.807) is 0 Å². The van der Waals surface area contributed by atoms with Gasteiger partial charge in [-0.15, -0.1) is 0 Å². The van der Waals surface area contributed by atoms with E-state index in [0.29, 0.717) is 6.61 Å². The lowest BCUT2D eigenvalue weighted by Gasteiger charge is -2.35. The summed E-state index contributed by atoms with van der Waals surface area (Å²) in [6.45, 7) is 4.83. The quantitative estimate of drug-likeness (QED) is 0.713. The summed E-state index contributed by atoms with van der Waals surface area (Å²) in [7, 11) is 0. The number of hydrogen-bond donors (Lipinski definition) is 0. The molecule has 2 heteroatoms. The Morgan fingerprint density at radius 3 is 2.56 bits per heavy atom. The highest BCUT2D eigenvalue weighted by Crippen LogP contribution is 2.36. The molecule has 16 heavy (non-hydrogen) atoms. The Labute approximate surface area is 96.6 Å². The lowest BCUT2D eigenvalue weighted by Crippen LogP contribution is -2.38. The van der Waals surface area contributed by atoms with E-state index in [9.17, 15) is 4.79 Å². The third-order valence-electron chi connectivity index (χ3n) is 3.55. The first-order chi connectivity index (χ1) is 7.62. The molecule has 0 aromatic heterocycles. The molecule has 2 nitrogen and oxygen atoms in total. The van der Waals surface area contributed by atoms with E-state index in [4.69, 9.17) is 4.74 Å². The van der Waals surface area contributed by atoms with E-state index in [1.165, 1.54) is 5.56 Å². The Bertz CT molecular complexity index is 368. The fourth-order valence-corrected chi connectivity index (χ4v) is 2.40. The largest absolute Gasteiger partial charge is 0.465 e. The summed E-state index contributed by atoms with van der Waals surface area (Å²) in [6, 6.07) is 10.2. The van der Waals surface area contributed by atoms with Gasteiger partial charge < -0.3 is 4.74 Å². The highest BCUT2D eigenvalue weighted by atomic mass is 16.5. The van der Waals surface area contributed by atoms with Crippen molar-refractivity contribution in [2.45, 2.75) is 32.1 Å². The zero-order valence-corrected chi connectivity index (χ0v) is 9.90. The van der Waals surface area contributed by atoms with Crippen LogP contribution in [0.1, 0.15) is 32.3 Å². The van der Waals surface area contributed by atoms with Gasteiger partial charge in [0.05, 0.1) is 12.5 Å². The lowest BCUT2D eigenvalue weighted by atomic mass is 9.71. The average molecular weight is 218 g/mol. The second-order valence-corrected chi connectivity index (χ2v) is 4.95. The monoisotopic (exact) mass is 218 g/mol. The van der Waals surface area contributed by atoms with Crippen molar-refractivity contribution < 1.29 is 9.53 Å². The highest BCUT2D eigenvalue weighted by molar-refractivity contribution is 5.75. The van der Waals surface area contributed by atoms with Gasteiger partial charge >= 0.3 is 5.97 Å². The fraction of sp³-hybridized carbons (Fsp3) is 0.500. The van der Waals surface area contributed by atoms with Crippen molar-refractivity contribution in [2.75, 3.05) is 6.61 Å². The smallest absolute Gasteiger partial charge is 0.309 e. The molecular weight excluding hydrogens is 200 g/mol. The van der Waals surface area contributed by atoms with E-state index in [0.717, 1.165) is 12.8 Å². The summed E-state index contributed by atoms with van der Waals surface area (Å²) in [5.74, 6) is -0.0521. The van der Waals surface area contributed by atoms with E-state index in [2.05, 4.69) is 26.0 Å². The second-order valence-electron chi connectivity index (χ2n) is 4.95. The van der Waals surface area contributed by atoms with Crippen LogP contribution in [0.5, 0.6) is 0 Å². The Hall–Kier alpha value is -1.31. The van der Waals surface area contributed by atoms with Gasteiger partial charge in [0.2, 0.25) is 0 Å². The van der Waals surface area contributed by atoms with Crippen LogP contribution in [0.15, 0.2) is 30.3 Å². The molecule has 1 aromatic carbocycles. The first-order valence-corrected chi connectivity index (χ1v) is 5.84. The van der Waals surface area contributed by atoms with Crippen LogP contribution < -0.4 is 0 Å². The molecule has 1 fully saturated rings. The molecule has 0 amide bonds. The summed E-state index contributed by atoms with van der Waals surface area (Å²) >= 11 is 0. The topological polar surface area (TPSA) is 26.3 Å². The van der Waals surface area contributed by atoms with Crippen LogP contribution in [0, 0.1) is 5.92 Å². The predicted molar refractivity (Wildman–Crippen MR) is 63.2 cm³/mol. The molecule has 1 aromatic rings. The Morgan fingerprint density at radius 2 is 1.94 bits per heavy atom. The van der Waals surface area contributed by atoms with Gasteiger partial charge in [-0.05, 0) is 18.4 Å². The third kappa shape index (κ3) is 1.97. The van der Waals surface area contributed by atoms with Crippen LogP contribution in [-0.2, 0) is 14.9 Å². The Balaban J connectivity index is 2.27. The van der Waals surface area contributed by atoms with Crippen LogP contribution in [0.2, 0.25) is 0 Å². The van der Waals surface area contributed by atoms with Crippen molar-refractivity contribution in [3.8, 4) is 0 Å². The summed E-state index contributed by atoms with van der Waals surface area (Å²) in [4.78, 5) is 11.8. The van der Waals surface area contributed by atoms with Crippen molar-refractivity contribution in [1.29, 1.82) is 0 Å². The van der Waals surface area contributed by atoms with Gasteiger partial charge in [0.1, 0.15) is 0 Å². The van der Waals surface area contributed by atoms with Gasteiger partial charge in [-0.1, -0.05) is 44.2 Å². The van der Waals surface area contributed by atoms with Gasteiger partial charge in [0.15, 0.2) is 0 Å². The number of carbonyl (C=O) groups is 1. The van der Waals surface area contributed by atoms with Crippen LogP contribution in [0.25, 0.3) is 0 Å². The van der Waals surface area contributed by atoms with Crippen LogP contribution >= 0.6 is 0 Å². The molecule has 1 aliphatic heterocycles.